The van der Waals surface area contributed by atoms with Crippen LogP contribution in [0.2, 0.25) is 0 Å². The number of nitrogens with zero attached hydrogens (tertiary/aromatic N) is 2. The first-order valence-electron chi connectivity index (χ1n) is 6.13. The van der Waals surface area contributed by atoms with Gasteiger partial charge in [0.05, 0.1) is 0 Å². The van der Waals surface area contributed by atoms with E-state index >= 15 is 0 Å². The molecule has 100 valence electrons. The molecule has 1 aliphatic carbocycles. The second-order valence-electron chi connectivity index (χ2n) is 5.03. The Morgan fingerprint density at radius 1 is 1.42 bits per heavy atom. The molecule has 1 saturated carbocycles. The Labute approximate surface area is 118 Å². The standard InChI is InChI=1S/C13H13BrFN3O/c14-10-3-2-8(15)6-9(10)12-17-11(19-18-12)7-13(16)4-1-5-13/h2-3,6H,1,4-5,7,16H2. The molecule has 0 unspecified atom stereocenters. The zero-order valence-electron chi connectivity index (χ0n) is 10.2. The van der Waals surface area contributed by atoms with Gasteiger partial charge in [0, 0.05) is 22.0 Å². The Bertz CT molecular complexity index is 610. The lowest BCUT2D eigenvalue weighted by molar-refractivity contribution is 0.222. The molecule has 0 spiro atoms. The van der Waals surface area contributed by atoms with E-state index in [1.807, 2.05) is 0 Å². The van der Waals surface area contributed by atoms with Crippen LogP contribution in [0.4, 0.5) is 4.39 Å². The van der Waals surface area contributed by atoms with Gasteiger partial charge < -0.3 is 10.3 Å². The lowest BCUT2D eigenvalue weighted by Gasteiger charge is -2.36. The van der Waals surface area contributed by atoms with Crippen molar-refractivity contribution in [2.24, 2.45) is 5.73 Å². The van der Waals surface area contributed by atoms with E-state index in [1.54, 1.807) is 6.07 Å². The number of aromatic nitrogens is 2. The van der Waals surface area contributed by atoms with E-state index in [0.29, 0.717) is 23.7 Å². The highest BCUT2D eigenvalue weighted by Crippen LogP contribution is 2.33. The van der Waals surface area contributed by atoms with E-state index in [1.165, 1.54) is 12.1 Å². The quantitative estimate of drug-likeness (QED) is 0.941. The van der Waals surface area contributed by atoms with Gasteiger partial charge in [-0.25, -0.2) is 4.39 Å². The highest BCUT2D eigenvalue weighted by Gasteiger charge is 2.34. The Kier molecular flexibility index (Phi) is 3.14. The van der Waals surface area contributed by atoms with Crippen molar-refractivity contribution < 1.29 is 8.91 Å². The highest BCUT2D eigenvalue weighted by atomic mass is 79.9. The van der Waals surface area contributed by atoms with Crippen LogP contribution in [-0.4, -0.2) is 15.7 Å². The minimum Gasteiger partial charge on any atom is -0.339 e. The van der Waals surface area contributed by atoms with Gasteiger partial charge in [-0.3, -0.25) is 0 Å². The van der Waals surface area contributed by atoms with Crippen LogP contribution < -0.4 is 5.73 Å². The average molecular weight is 326 g/mol. The fraction of sp³-hybridized carbons (Fsp3) is 0.385. The van der Waals surface area contributed by atoms with Crippen LogP contribution in [0.15, 0.2) is 27.2 Å². The smallest absolute Gasteiger partial charge is 0.228 e. The van der Waals surface area contributed by atoms with Gasteiger partial charge in [-0.05, 0) is 37.5 Å². The molecule has 0 aliphatic heterocycles. The van der Waals surface area contributed by atoms with Crippen LogP contribution in [0, 0.1) is 5.82 Å². The van der Waals surface area contributed by atoms with E-state index in [0.717, 1.165) is 23.7 Å². The Morgan fingerprint density at radius 3 is 2.89 bits per heavy atom. The van der Waals surface area contributed by atoms with Crippen LogP contribution in [0.1, 0.15) is 25.2 Å². The van der Waals surface area contributed by atoms with Gasteiger partial charge in [-0.2, -0.15) is 4.98 Å². The highest BCUT2D eigenvalue weighted by molar-refractivity contribution is 9.10. The van der Waals surface area contributed by atoms with Crippen molar-refractivity contribution in [1.29, 1.82) is 0 Å². The molecule has 4 nitrogen and oxygen atoms in total. The summed E-state index contributed by atoms with van der Waals surface area (Å²) in [4.78, 5) is 4.30. The average Bonchev–Trinajstić information content (AvgIpc) is 2.78. The molecular weight excluding hydrogens is 313 g/mol. The second-order valence-corrected chi connectivity index (χ2v) is 5.88. The Hall–Kier alpha value is -1.27. The summed E-state index contributed by atoms with van der Waals surface area (Å²) in [7, 11) is 0. The molecule has 1 aromatic heterocycles. The van der Waals surface area contributed by atoms with Crippen molar-refractivity contribution in [3.63, 3.8) is 0 Å². The number of rotatable bonds is 3. The molecule has 2 aromatic rings. The first kappa shape index (κ1) is 12.7. The predicted molar refractivity (Wildman–Crippen MR) is 71.9 cm³/mol. The van der Waals surface area contributed by atoms with Crippen LogP contribution in [0.25, 0.3) is 11.4 Å². The molecule has 3 rings (SSSR count). The lowest BCUT2D eigenvalue weighted by atomic mass is 9.75. The van der Waals surface area contributed by atoms with Crippen molar-refractivity contribution in [2.75, 3.05) is 0 Å². The molecule has 1 aromatic carbocycles. The van der Waals surface area contributed by atoms with Crippen LogP contribution in [0.5, 0.6) is 0 Å². The summed E-state index contributed by atoms with van der Waals surface area (Å²) in [5.74, 6) is 0.552. The van der Waals surface area contributed by atoms with Crippen LogP contribution in [-0.2, 0) is 6.42 Å². The number of nitrogens with two attached hydrogens (primary N) is 1. The van der Waals surface area contributed by atoms with Gasteiger partial charge in [0.15, 0.2) is 0 Å². The molecule has 0 bridgehead atoms. The summed E-state index contributed by atoms with van der Waals surface area (Å²) in [6.07, 6.45) is 3.68. The largest absolute Gasteiger partial charge is 0.339 e. The SMILES string of the molecule is NC1(Cc2nc(-c3cc(F)ccc3Br)no2)CCC1. The third-order valence-electron chi connectivity index (χ3n) is 3.49. The van der Waals surface area contributed by atoms with Gasteiger partial charge in [0.2, 0.25) is 11.7 Å². The maximum Gasteiger partial charge on any atom is 0.228 e. The molecule has 1 heterocycles. The molecule has 0 radical (unpaired) electrons. The maximum atomic E-state index is 13.2. The van der Waals surface area contributed by atoms with Gasteiger partial charge in [-0.1, -0.05) is 21.1 Å². The molecule has 1 fully saturated rings. The van der Waals surface area contributed by atoms with E-state index in [2.05, 4.69) is 26.1 Å². The molecule has 19 heavy (non-hydrogen) atoms. The van der Waals surface area contributed by atoms with Crippen LogP contribution in [0.3, 0.4) is 0 Å². The molecule has 2 N–H and O–H groups in total. The summed E-state index contributed by atoms with van der Waals surface area (Å²) in [5.41, 5.74) is 6.51. The molecule has 0 amide bonds. The Morgan fingerprint density at radius 2 is 2.21 bits per heavy atom. The Balaban J connectivity index is 1.86. The summed E-state index contributed by atoms with van der Waals surface area (Å²) >= 11 is 3.35. The zero-order valence-corrected chi connectivity index (χ0v) is 11.8. The van der Waals surface area contributed by atoms with Crippen LogP contribution >= 0.6 is 15.9 Å². The van der Waals surface area contributed by atoms with E-state index in [9.17, 15) is 4.39 Å². The van der Waals surface area contributed by atoms with Gasteiger partial charge in [0.25, 0.3) is 0 Å². The number of halogens is 2. The van der Waals surface area contributed by atoms with Gasteiger partial charge >= 0.3 is 0 Å². The summed E-state index contributed by atoms with van der Waals surface area (Å²) in [5, 5.41) is 3.89. The molecular formula is C13H13BrFN3O. The normalized spacial score (nSPS) is 17.2. The fourth-order valence-corrected chi connectivity index (χ4v) is 2.64. The van der Waals surface area contributed by atoms with Crippen molar-refractivity contribution >= 4 is 15.9 Å². The molecule has 0 saturated heterocycles. The first-order chi connectivity index (χ1) is 9.06. The van der Waals surface area contributed by atoms with E-state index < -0.39 is 0 Å². The van der Waals surface area contributed by atoms with Gasteiger partial charge in [0.1, 0.15) is 5.82 Å². The molecule has 6 heteroatoms. The number of hydrogen-bond acceptors (Lipinski definition) is 4. The van der Waals surface area contributed by atoms with Crippen molar-refractivity contribution in [1.82, 2.24) is 10.1 Å². The maximum absolute atomic E-state index is 13.2. The summed E-state index contributed by atoms with van der Waals surface area (Å²) in [6, 6.07) is 4.37. The predicted octanol–water partition coefficient (Wildman–Crippen LogP) is 3.06. The monoisotopic (exact) mass is 325 g/mol. The number of benzene rings is 1. The fourth-order valence-electron chi connectivity index (χ4n) is 2.21. The molecule has 0 atom stereocenters. The summed E-state index contributed by atoms with van der Waals surface area (Å²) < 4.78 is 19.2. The minimum atomic E-state index is -0.334. The van der Waals surface area contributed by atoms with Crippen molar-refractivity contribution in [3.8, 4) is 11.4 Å². The van der Waals surface area contributed by atoms with Crippen molar-refractivity contribution in [2.45, 2.75) is 31.2 Å². The first-order valence-corrected chi connectivity index (χ1v) is 6.92. The zero-order chi connectivity index (χ0) is 13.5. The third kappa shape index (κ3) is 2.55. The second kappa shape index (κ2) is 4.68. The third-order valence-corrected chi connectivity index (χ3v) is 4.18. The lowest BCUT2D eigenvalue weighted by Crippen LogP contribution is -2.48. The number of hydrogen-bond donors (Lipinski definition) is 1. The van der Waals surface area contributed by atoms with E-state index in [-0.39, 0.29) is 11.4 Å². The summed E-state index contributed by atoms with van der Waals surface area (Å²) in [6.45, 7) is 0. The van der Waals surface area contributed by atoms with Gasteiger partial charge in [-0.15, -0.1) is 0 Å². The molecule has 1 aliphatic rings. The van der Waals surface area contributed by atoms with E-state index in [4.69, 9.17) is 10.3 Å². The van der Waals surface area contributed by atoms with Crippen molar-refractivity contribution in [3.05, 3.63) is 34.4 Å². The minimum absolute atomic E-state index is 0.205. The topological polar surface area (TPSA) is 64.9 Å².